The standard InChI is InChI=1S/C22H17NO3S/c1-2-26-22(25)20-16-9-5-6-10-19(16)27-21(20)23-13-17-15-8-4-3-7-14(15)11-12-18(17)24/h3-13,24H,2H2,1H3/b23-13+. The van der Waals surface area contributed by atoms with Crippen LogP contribution in [-0.2, 0) is 4.74 Å². The van der Waals surface area contributed by atoms with Crippen molar-refractivity contribution in [2.75, 3.05) is 6.61 Å². The summed E-state index contributed by atoms with van der Waals surface area (Å²) in [7, 11) is 0. The number of aliphatic imine (C=N–C) groups is 1. The van der Waals surface area contributed by atoms with Crippen LogP contribution in [-0.4, -0.2) is 23.9 Å². The lowest BCUT2D eigenvalue weighted by Crippen LogP contribution is -2.03. The third-order valence-corrected chi connectivity index (χ3v) is 5.39. The first-order valence-electron chi connectivity index (χ1n) is 8.62. The number of benzene rings is 3. The van der Waals surface area contributed by atoms with Crippen molar-refractivity contribution in [1.82, 2.24) is 0 Å². The SMILES string of the molecule is CCOC(=O)c1c(/N=C/c2c(O)ccc3ccccc23)sc2ccccc12. The van der Waals surface area contributed by atoms with Crippen LogP contribution >= 0.6 is 11.3 Å². The third kappa shape index (κ3) is 3.17. The fourth-order valence-electron chi connectivity index (χ4n) is 3.07. The molecule has 0 aliphatic heterocycles. The summed E-state index contributed by atoms with van der Waals surface area (Å²) in [5.74, 6) is -0.236. The average Bonchev–Trinajstić information content (AvgIpc) is 3.06. The maximum absolute atomic E-state index is 12.5. The quantitative estimate of drug-likeness (QED) is 0.368. The normalized spacial score (nSPS) is 11.4. The molecule has 1 heterocycles. The van der Waals surface area contributed by atoms with Crippen LogP contribution in [0.2, 0.25) is 0 Å². The van der Waals surface area contributed by atoms with Crippen molar-refractivity contribution in [1.29, 1.82) is 0 Å². The lowest BCUT2D eigenvalue weighted by Gasteiger charge is -2.05. The van der Waals surface area contributed by atoms with Gasteiger partial charge in [0.1, 0.15) is 16.3 Å². The number of phenolic OH excluding ortho intramolecular Hbond substituents is 1. The van der Waals surface area contributed by atoms with Crippen LogP contribution in [0.1, 0.15) is 22.8 Å². The Labute approximate surface area is 160 Å². The molecule has 0 amide bonds. The molecule has 0 aliphatic carbocycles. The summed E-state index contributed by atoms with van der Waals surface area (Å²) in [5, 5.41) is 13.6. The highest BCUT2D eigenvalue weighted by molar-refractivity contribution is 7.23. The summed E-state index contributed by atoms with van der Waals surface area (Å²) < 4.78 is 6.19. The second kappa shape index (κ2) is 7.21. The molecule has 0 unspecified atom stereocenters. The smallest absolute Gasteiger partial charge is 0.341 e. The number of fused-ring (bicyclic) bond motifs is 2. The van der Waals surface area contributed by atoms with E-state index in [1.807, 2.05) is 54.6 Å². The van der Waals surface area contributed by atoms with E-state index in [2.05, 4.69) is 4.99 Å². The molecule has 0 spiro atoms. The molecule has 4 nitrogen and oxygen atoms in total. The van der Waals surface area contributed by atoms with E-state index >= 15 is 0 Å². The predicted octanol–water partition coefficient (Wildman–Crippen LogP) is 5.69. The van der Waals surface area contributed by atoms with Gasteiger partial charge in [0.05, 0.1) is 6.61 Å². The zero-order chi connectivity index (χ0) is 18.8. The van der Waals surface area contributed by atoms with Crippen molar-refractivity contribution < 1.29 is 14.6 Å². The fraction of sp³-hybridized carbons (Fsp3) is 0.0909. The van der Waals surface area contributed by atoms with Crippen molar-refractivity contribution in [3.05, 3.63) is 71.8 Å². The molecule has 3 aromatic carbocycles. The highest BCUT2D eigenvalue weighted by atomic mass is 32.1. The lowest BCUT2D eigenvalue weighted by atomic mass is 10.0. The first-order valence-corrected chi connectivity index (χ1v) is 9.44. The number of carbonyl (C=O) groups excluding carboxylic acids is 1. The van der Waals surface area contributed by atoms with E-state index in [0.29, 0.717) is 22.7 Å². The van der Waals surface area contributed by atoms with E-state index in [1.54, 1.807) is 19.2 Å². The van der Waals surface area contributed by atoms with Crippen LogP contribution in [0.3, 0.4) is 0 Å². The number of thiophene rings is 1. The minimum absolute atomic E-state index is 0.149. The summed E-state index contributed by atoms with van der Waals surface area (Å²) in [6, 6.07) is 19.0. The molecular weight excluding hydrogens is 358 g/mol. The highest BCUT2D eigenvalue weighted by Gasteiger charge is 2.19. The summed E-state index contributed by atoms with van der Waals surface area (Å²) in [5.41, 5.74) is 1.09. The van der Waals surface area contributed by atoms with E-state index in [-0.39, 0.29) is 11.7 Å². The van der Waals surface area contributed by atoms with Gasteiger partial charge >= 0.3 is 5.97 Å². The van der Waals surface area contributed by atoms with E-state index < -0.39 is 0 Å². The van der Waals surface area contributed by atoms with Gasteiger partial charge in [0, 0.05) is 21.9 Å². The number of phenols is 1. The van der Waals surface area contributed by atoms with Gasteiger partial charge in [-0.2, -0.15) is 0 Å². The molecule has 0 fully saturated rings. The number of rotatable bonds is 4. The first-order chi connectivity index (χ1) is 13.2. The Kier molecular flexibility index (Phi) is 4.60. The average molecular weight is 375 g/mol. The molecule has 27 heavy (non-hydrogen) atoms. The number of hydrogen-bond donors (Lipinski definition) is 1. The third-order valence-electron chi connectivity index (χ3n) is 4.32. The number of nitrogens with zero attached hydrogens (tertiary/aromatic N) is 1. The van der Waals surface area contributed by atoms with Crippen LogP contribution in [0, 0.1) is 0 Å². The number of aromatic hydroxyl groups is 1. The molecule has 0 bridgehead atoms. The summed E-state index contributed by atoms with van der Waals surface area (Å²) >= 11 is 1.43. The van der Waals surface area contributed by atoms with Crippen molar-refractivity contribution in [3.63, 3.8) is 0 Å². The summed E-state index contributed by atoms with van der Waals surface area (Å²) in [4.78, 5) is 17.1. The van der Waals surface area contributed by atoms with Gasteiger partial charge < -0.3 is 9.84 Å². The second-order valence-electron chi connectivity index (χ2n) is 5.98. The molecule has 5 heteroatoms. The Morgan fingerprint density at radius 3 is 2.63 bits per heavy atom. The van der Waals surface area contributed by atoms with E-state index in [1.165, 1.54) is 11.3 Å². The number of esters is 1. The summed E-state index contributed by atoms with van der Waals surface area (Å²) in [6.07, 6.45) is 1.62. The van der Waals surface area contributed by atoms with Gasteiger partial charge in [-0.05, 0) is 29.8 Å². The monoisotopic (exact) mass is 375 g/mol. The minimum atomic E-state index is -0.385. The molecule has 0 saturated heterocycles. The number of hydrogen-bond acceptors (Lipinski definition) is 5. The van der Waals surface area contributed by atoms with Gasteiger partial charge in [0.15, 0.2) is 0 Å². The van der Waals surface area contributed by atoms with Crippen LogP contribution in [0.4, 0.5) is 5.00 Å². The Morgan fingerprint density at radius 2 is 1.81 bits per heavy atom. The van der Waals surface area contributed by atoms with Gasteiger partial charge in [0.2, 0.25) is 0 Å². The lowest BCUT2D eigenvalue weighted by molar-refractivity contribution is 0.0530. The topological polar surface area (TPSA) is 58.9 Å². The van der Waals surface area contributed by atoms with Crippen molar-refractivity contribution in [2.24, 2.45) is 4.99 Å². The van der Waals surface area contributed by atoms with Crippen LogP contribution in [0.25, 0.3) is 20.9 Å². The Bertz CT molecular complexity index is 1180. The molecule has 134 valence electrons. The van der Waals surface area contributed by atoms with Crippen molar-refractivity contribution >= 4 is 49.4 Å². The summed E-state index contributed by atoms with van der Waals surface area (Å²) in [6.45, 7) is 2.08. The molecule has 0 aliphatic rings. The van der Waals surface area contributed by atoms with E-state index in [0.717, 1.165) is 20.9 Å². The molecule has 0 atom stereocenters. The largest absolute Gasteiger partial charge is 0.507 e. The molecule has 4 aromatic rings. The molecular formula is C22H17NO3S. The van der Waals surface area contributed by atoms with Crippen molar-refractivity contribution in [3.8, 4) is 5.75 Å². The molecule has 4 rings (SSSR count). The van der Waals surface area contributed by atoms with E-state index in [4.69, 9.17) is 4.74 Å². The molecule has 0 saturated carbocycles. The fourth-order valence-corrected chi connectivity index (χ4v) is 4.10. The van der Waals surface area contributed by atoms with Crippen LogP contribution in [0.15, 0.2) is 65.7 Å². The number of ether oxygens (including phenoxy) is 1. The predicted molar refractivity (Wildman–Crippen MR) is 111 cm³/mol. The second-order valence-corrected chi connectivity index (χ2v) is 7.01. The Hall–Kier alpha value is -3.18. The zero-order valence-electron chi connectivity index (χ0n) is 14.7. The molecule has 1 N–H and O–H groups in total. The zero-order valence-corrected chi connectivity index (χ0v) is 15.5. The maximum Gasteiger partial charge on any atom is 0.341 e. The van der Waals surface area contributed by atoms with Crippen LogP contribution in [0.5, 0.6) is 5.75 Å². The highest BCUT2D eigenvalue weighted by Crippen LogP contribution is 2.38. The Morgan fingerprint density at radius 1 is 1.07 bits per heavy atom. The van der Waals surface area contributed by atoms with Crippen LogP contribution < -0.4 is 0 Å². The van der Waals surface area contributed by atoms with Gasteiger partial charge in [0.25, 0.3) is 0 Å². The van der Waals surface area contributed by atoms with Gasteiger partial charge in [-0.3, -0.25) is 0 Å². The van der Waals surface area contributed by atoms with Gasteiger partial charge in [-0.15, -0.1) is 11.3 Å². The van der Waals surface area contributed by atoms with Gasteiger partial charge in [-0.25, -0.2) is 9.79 Å². The minimum Gasteiger partial charge on any atom is -0.507 e. The Balaban J connectivity index is 1.86. The van der Waals surface area contributed by atoms with Gasteiger partial charge in [-0.1, -0.05) is 48.5 Å². The number of carbonyl (C=O) groups is 1. The first kappa shape index (κ1) is 17.2. The molecule has 0 radical (unpaired) electrons. The van der Waals surface area contributed by atoms with Crippen molar-refractivity contribution in [2.45, 2.75) is 6.92 Å². The van der Waals surface area contributed by atoms with E-state index in [9.17, 15) is 9.90 Å². The molecule has 1 aromatic heterocycles. The maximum atomic E-state index is 12.5.